The topological polar surface area (TPSA) is 75.0 Å². The Kier molecular flexibility index (Phi) is 4.48. The third kappa shape index (κ3) is 2.84. The molecule has 0 N–H and O–H groups in total. The lowest BCUT2D eigenvalue weighted by atomic mass is 9.69. The molecule has 29 heavy (non-hydrogen) atoms. The van der Waals surface area contributed by atoms with Gasteiger partial charge in [0.25, 0.3) is 0 Å². The molecule has 3 heterocycles. The maximum Gasteiger partial charge on any atom is 0.338 e. The minimum Gasteiger partial charge on any atom is -0.493 e. The van der Waals surface area contributed by atoms with Gasteiger partial charge in [-0.05, 0) is 53.7 Å². The number of esters is 1. The number of carbonyl (C=O) groups excluding carboxylic acids is 1. The molecule has 0 amide bonds. The number of fused-ring (bicyclic) bond motifs is 5. The molecule has 0 spiro atoms. The average molecular weight is 398 g/mol. The molecular weight excluding hydrogens is 372 g/mol. The van der Waals surface area contributed by atoms with Crippen LogP contribution in [0.5, 0.6) is 5.75 Å². The van der Waals surface area contributed by atoms with Crippen LogP contribution in [0.1, 0.15) is 50.5 Å². The number of aryl methyl sites for hydroxylation is 1. The van der Waals surface area contributed by atoms with Gasteiger partial charge in [0.05, 0.1) is 24.2 Å². The summed E-state index contributed by atoms with van der Waals surface area (Å²) in [6.45, 7) is 11.7. The Morgan fingerprint density at radius 3 is 2.66 bits per heavy atom. The smallest absolute Gasteiger partial charge is 0.338 e. The number of ether oxygens (including phenoxy) is 3. The van der Waals surface area contributed by atoms with Crippen molar-refractivity contribution in [3.05, 3.63) is 50.6 Å². The molecule has 0 unspecified atom stereocenters. The highest BCUT2D eigenvalue weighted by Crippen LogP contribution is 2.53. The lowest BCUT2D eigenvalue weighted by molar-refractivity contribution is -0.142. The number of carbonyl (C=O) groups is 1. The Bertz CT molecular complexity index is 1100. The van der Waals surface area contributed by atoms with Gasteiger partial charge in [-0.2, -0.15) is 0 Å². The normalized spacial score (nSPS) is 22.4. The Morgan fingerprint density at radius 1 is 1.24 bits per heavy atom. The van der Waals surface area contributed by atoms with Crippen molar-refractivity contribution in [2.75, 3.05) is 13.2 Å². The Morgan fingerprint density at radius 2 is 1.97 bits per heavy atom. The molecule has 0 radical (unpaired) electrons. The summed E-state index contributed by atoms with van der Waals surface area (Å²) < 4.78 is 23.6. The molecule has 0 fully saturated rings. The van der Waals surface area contributed by atoms with Crippen molar-refractivity contribution in [2.24, 2.45) is 5.92 Å². The van der Waals surface area contributed by atoms with Gasteiger partial charge in [-0.25, -0.2) is 4.79 Å². The van der Waals surface area contributed by atoms with E-state index >= 15 is 0 Å². The first-order valence-electron chi connectivity index (χ1n) is 9.94. The van der Waals surface area contributed by atoms with Gasteiger partial charge in [0.2, 0.25) is 0 Å². The maximum atomic E-state index is 12.9. The molecule has 2 atom stereocenters. The van der Waals surface area contributed by atoms with E-state index in [1.54, 1.807) is 39.8 Å². The fourth-order valence-corrected chi connectivity index (χ4v) is 4.53. The second-order valence-corrected chi connectivity index (χ2v) is 8.26. The predicted molar refractivity (Wildman–Crippen MR) is 108 cm³/mol. The number of allylic oxidation sites excluding steroid dienone is 1. The summed E-state index contributed by atoms with van der Waals surface area (Å²) in [5.74, 6) is 0.809. The van der Waals surface area contributed by atoms with E-state index < -0.39 is 11.6 Å². The summed E-state index contributed by atoms with van der Waals surface area (Å²) in [6, 6.07) is 3.53. The van der Waals surface area contributed by atoms with E-state index in [0.29, 0.717) is 46.0 Å². The zero-order valence-corrected chi connectivity index (χ0v) is 17.7. The number of hydrogen-bond donors (Lipinski definition) is 0. The van der Waals surface area contributed by atoms with Crippen molar-refractivity contribution in [1.29, 1.82) is 0 Å². The van der Waals surface area contributed by atoms with Crippen molar-refractivity contribution < 1.29 is 23.4 Å². The highest BCUT2D eigenvalue weighted by Gasteiger charge is 2.51. The number of hydrogen-bond acceptors (Lipinski definition) is 6. The van der Waals surface area contributed by atoms with Crippen LogP contribution in [0, 0.1) is 19.8 Å². The SMILES string of the molecule is CCOC(=O)C1=C(C)OC(C)(C)[C@H]2COc3ccc4c(=O)c(C)c(C)oc4c3[C@@H]12. The van der Waals surface area contributed by atoms with E-state index in [0.717, 1.165) is 5.56 Å². The standard InChI is InChI=1S/C23H26O6/c1-7-26-22(25)17-13(4)29-23(5,6)15-10-27-16-9-8-14-20(24)11(2)12(3)28-21(14)19(16)18(15)17/h8-9,15,18H,7,10H2,1-6H3/t15-,18+/m0/s1. The van der Waals surface area contributed by atoms with Gasteiger partial charge >= 0.3 is 5.97 Å². The van der Waals surface area contributed by atoms with Gasteiger partial charge in [-0.1, -0.05) is 0 Å². The first-order chi connectivity index (χ1) is 13.7. The molecule has 0 saturated heterocycles. The maximum absolute atomic E-state index is 12.9. The molecule has 154 valence electrons. The van der Waals surface area contributed by atoms with E-state index in [2.05, 4.69) is 0 Å². The minimum atomic E-state index is -0.565. The molecule has 2 aromatic rings. The monoisotopic (exact) mass is 398 g/mol. The summed E-state index contributed by atoms with van der Waals surface area (Å²) >= 11 is 0. The van der Waals surface area contributed by atoms with Gasteiger partial charge in [0, 0.05) is 23.0 Å². The van der Waals surface area contributed by atoms with Crippen molar-refractivity contribution in [2.45, 2.75) is 53.1 Å². The van der Waals surface area contributed by atoms with Gasteiger partial charge in [0.1, 0.15) is 28.5 Å². The Hall–Kier alpha value is -2.76. The van der Waals surface area contributed by atoms with Crippen molar-refractivity contribution in [3.8, 4) is 5.75 Å². The molecule has 2 aliphatic heterocycles. The van der Waals surface area contributed by atoms with Gasteiger partial charge < -0.3 is 18.6 Å². The number of rotatable bonds is 2. The highest BCUT2D eigenvalue weighted by molar-refractivity contribution is 5.94. The van der Waals surface area contributed by atoms with Crippen LogP contribution < -0.4 is 10.2 Å². The van der Waals surface area contributed by atoms with Gasteiger partial charge in [-0.15, -0.1) is 0 Å². The second kappa shape index (κ2) is 6.65. The quantitative estimate of drug-likeness (QED) is 0.708. The van der Waals surface area contributed by atoms with Gasteiger partial charge in [-0.3, -0.25) is 4.79 Å². The van der Waals surface area contributed by atoms with Crippen LogP contribution in [0.3, 0.4) is 0 Å². The van der Waals surface area contributed by atoms with Crippen molar-refractivity contribution in [1.82, 2.24) is 0 Å². The fraction of sp³-hybridized carbons (Fsp3) is 0.478. The van der Waals surface area contributed by atoms with Crippen LogP contribution in [-0.4, -0.2) is 24.8 Å². The van der Waals surface area contributed by atoms with E-state index in [4.69, 9.17) is 18.6 Å². The molecule has 0 bridgehead atoms. The Balaban J connectivity index is 2.07. The van der Waals surface area contributed by atoms with E-state index in [1.165, 1.54) is 0 Å². The molecule has 1 aromatic heterocycles. The first-order valence-corrected chi connectivity index (χ1v) is 9.94. The molecular formula is C23H26O6. The molecule has 6 heteroatoms. The van der Waals surface area contributed by atoms with E-state index in [1.807, 2.05) is 13.8 Å². The van der Waals surface area contributed by atoms with Crippen LogP contribution >= 0.6 is 0 Å². The molecule has 0 aliphatic carbocycles. The predicted octanol–water partition coefficient (Wildman–Crippen LogP) is 4.15. The number of benzene rings is 1. The first kappa shape index (κ1) is 19.6. The second-order valence-electron chi connectivity index (χ2n) is 8.26. The van der Waals surface area contributed by atoms with Crippen LogP contribution in [-0.2, 0) is 14.3 Å². The van der Waals surface area contributed by atoms with Crippen LogP contribution in [0.4, 0.5) is 0 Å². The van der Waals surface area contributed by atoms with Crippen molar-refractivity contribution in [3.63, 3.8) is 0 Å². The Labute approximate surface area is 169 Å². The third-order valence-corrected chi connectivity index (χ3v) is 6.15. The summed E-state index contributed by atoms with van der Waals surface area (Å²) in [5, 5.41) is 0.487. The lowest BCUT2D eigenvalue weighted by Crippen LogP contribution is -2.48. The van der Waals surface area contributed by atoms with E-state index in [9.17, 15) is 9.59 Å². The van der Waals surface area contributed by atoms with Crippen molar-refractivity contribution >= 4 is 16.9 Å². The summed E-state index contributed by atoms with van der Waals surface area (Å²) in [5.41, 5.74) is 1.60. The molecule has 0 saturated carbocycles. The fourth-order valence-electron chi connectivity index (χ4n) is 4.53. The molecule has 6 nitrogen and oxygen atoms in total. The molecule has 4 rings (SSSR count). The lowest BCUT2D eigenvalue weighted by Gasteiger charge is -2.47. The minimum absolute atomic E-state index is 0.0709. The summed E-state index contributed by atoms with van der Waals surface area (Å²) in [6.07, 6.45) is 0. The van der Waals surface area contributed by atoms with Crippen LogP contribution in [0.2, 0.25) is 0 Å². The van der Waals surface area contributed by atoms with Crippen LogP contribution in [0.25, 0.3) is 11.0 Å². The largest absolute Gasteiger partial charge is 0.493 e. The summed E-state index contributed by atoms with van der Waals surface area (Å²) in [4.78, 5) is 25.8. The highest BCUT2D eigenvalue weighted by atomic mass is 16.5. The van der Waals surface area contributed by atoms with E-state index in [-0.39, 0.29) is 23.9 Å². The van der Waals surface area contributed by atoms with Gasteiger partial charge in [0.15, 0.2) is 5.43 Å². The van der Waals surface area contributed by atoms with Crippen LogP contribution in [0.15, 0.2) is 32.7 Å². The third-order valence-electron chi connectivity index (χ3n) is 6.15. The zero-order chi connectivity index (χ0) is 21.1. The zero-order valence-electron chi connectivity index (χ0n) is 17.7. The average Bonchev–Trinajstić information content (AvgIpc) is 2.65. The molecule has 1 aromatic carbocycles. The molecule has 2 aliphatic rings. The summed E-state index contributed by atoms with van der Waals surface area (Å²) in [7, 11) is 0.